The highest BCUT2D eigenvalue weighted by Crippen LogP contribution is 2.56. The molecule has 0 amide bonds. The zero-order chi connectivity index (χ0) is 26.2. The number of piperidine rings is 1. The first kappa shape index (κ1) is 24.1. The van der Waals surface area contributed by atoms with Gasteiger partial charge in [-0.2, -0.15) is 0 Å². The minimum absolute atomic E-state index is 0.0667. The van der Waals surface area contributed by atoms with Crippen LogP contribution in [0.1, 0.15) is 59.7 Å². The van der Waals surface area contributed by atoms with Crippen LogP contribution in [0.4, 0.5) is 9.52 Å². The largest absolute Gasteiger partial charge is 0.478 e. The first-order valence-corrected chi connectivity index (χ1v) is 14.0. The fourth-order valence-corrected chi connectivity index (χ4v) is 7.24. The van der Waals surface area contributed by atoms with Crippen LogP contribution in [0.5, 0.6) is 0 Å². The molecule has 0 bridgehead atoms. The first-order valence-electron chi connectivity index (χ1n) is 12.4. The molecule has 1 saturated heterocycles. The van der Waals surface area contributed by atoms with Gasteiger partial charge in [0.05, 0.1) is 20.3 Å². The van der Waals surface area contributed by atoms with Gasteiger partial charge in [-0.3, -0.25) is 4.98 Å². The maximum atomic E-state index is 14.5. The zero-order valence-corrected chi connectivity index (χ0v) is 22.3. The van der Waals surface area contributed by atoms with Crippen molar-refractivity contribution in [1.29, 1.82) is 0 Å². The van der Waals surface area contributed by atoms with E-state index in [9.17, 15) is 14.3 Å². The van der Waals surface area contributed by atoms with Gasteiger partial charge >= 0.3 is 5.97 Å². The van der Waals surface area contributed by atoms with Crippen LogP contribution in [-0.4, -0.2) is 39.3 Å². The number of carbonyl (C=O) groups is 1. The molecule has 4 heterocycles. The van der Waals surface area contributed by atoms with Crippen LogP contribution in [0.2, 0.25) is 10.0 Å². The third kappa shape index (κ3) is 3.90. The highest BCUT2D eigenvalue weighted by molar-refractivity contribution is 7.22. The highest BCUT2D eigenvalue weighted by Gasteiger charge is 2.44. The Morgan fingerprint density at radius 2 is 1.87 bits per heavy atom. The van der Waals surface area contributed by atoms with Crippen molar-refractivity contribution < 1.29 is 18.8 Å². The number of carboxylic acids is 1. The van der Waals surface area contributed by atoms with Crippen molar-refractivity contribution >= 4 is 61.4 Å². The molecular formula is C27H21Cl2FN4O3S. The number of carboxylic acid groups (broad SMARTS) is 1. The molecule has 0 unspecified atom stereocenters. The van der Waals surface area contributed by atoms with E-state index in [1.807, 2.05) is 0 Å². The molecular weight excluding hydrogens is 550 g/mol. The van der Waals surface area contributed by atoms with Crippen molar-refractivity contribution in [3.63, 3.8) is 0 Å². The molecule has 11 heteroatoms. The number of aromatic nitrogens is 3. The Balaban J connectivity index is 1.14. The Morgan fingerprint density at radius 1 is 1.16 bits per heavy atom. The molecule has 0 radical (unpaired) electrons. The predicted molar refractivity (Wildman–Crippen MR) is 145 cm³/mol. The quantitative estimate of drug-likeness (QED) is 0.266. The fraction of sp³-hybridized carbons (Fsp3) is 0.333. The lowest BCUT2D eigenvalue weighted by Crippen LogP contribution is -2.42. The van der Waals surface area contributed by atoms with Crippen LogP contribution < -0.4 is 4.90 Å². The van der Waals surface area contributed by atoms with Gasteiger partial charge in [0, 0.05) is 42.5 Å². The number of hydrogen-bond donors (Lipinski definition) is 1. The molecule has 38 heavy (non-hydrogen) atoms. The number of fused-ring (bicyclic) bond motifs is 1. The van der Waals surface area contributed by atoms with Gasteiger partial charge in [-0.25, -0.2) is 14.2 Å². The Morgan fingerprint density at radius 3 is 2.53 bits per heavy atom. The number of rotatable bonds is 5. The van der Waals surface area contributed by atoms with Gasteiger partial charge in [0.25, 0.3) is 0 Å². The summed E-state index contributed by atoms with van der Waals surface area (Å²) in [7, 11) is 0. The van der Waals surface area contributed by atoms with Gasteiger partial charge in [0.1, 0.15) is 17.0 Å². The normalized spacial score (nSPS) is 18.6. The maximum absolute atomic E-state index is 14.5. The summed E-state index contributed by atoms with van der Waals surface area (Å²) in [4.78, 5) is 22.0. The average Bonchev–Trinajstić information content (AvgIpc) is 3.47. The molecule has 4 aromatic rings. The van der Waals surface area contributed by atoms with Gasteiger partial charge in [0.2, 0.25) is 0 Å². The second kappa shape index (κ2) is 8.76. The molecule has 0 atom stereocenters. The van der Waals surface area contributed by atoms with Crippen LogP contribution in [0.25, 0.3) is 27.0 Å². The lowest BCUT2D eigenvalue weighted by Gasteiger charge is -2.46. The highest BCUT2D eigenvalue weighted by atomic mass is 35.5. The molecule has 2 fully saturated rings. The minimum atomic E-state index is -1.15. The van der Waals surface area contributed by atoms with E-state index in [-0.39, 0.29) is 16.5 Å². The maximum Gasteiger partial charge on any atom is 0.335 e. The Bertz CT molecular complexity index is 1630. The summed E-state index contributed by atoms with van der Waals surface area (Å²) in [6.45, 7) is 1.57. The number of nitrogens with zero attached hydrogens (tertiary/aromatic N) is 4. The van der Waals surface area contributed by atoms with Gasteiger partial charge in [-0.05, 0) is 55.2 Å². The summed E-state index contributed by atoms with van der Waals surface area (Å²) >= 11 is 14.3. The van der Waals surface area contributed by atoms with E-state index in [0.29, 0.717) is 31.9 Å². The number of hydrogen-bond acceptors (Lipinski definition) is 7. The smallest absolute Gasteiger partial charge is 0.335 e. The SMILES string of the molecule is O=C(O)c1cc(F)c2nc(N3CCC4(C=C(c5c(-c6c(Cl)cncc6Cl)noc5C5CC5)C4)CC3)sc2c1. The van der Waals surface area contributed by atoms with E-state index >= 15 is 0 Å². The second-order valence-corrected chi connectivity index (χ2v) is 12.1. The van der Waals surface area contributed by atoms with Gasteiger partial charge in [-0.1, -0.05) is 45.8 Å². The molecule has 2 aliphatic carbocycles. The lowest BCUT2D eigenvalue weighted by molar-refractivity contribution is 0.0696. The zero-order valence-electron chi connectivity index (χ0n) is 20.0. The molecule has 7 nitrogen and oxygen atoms in total. The second-order valence-electron chi connectivity index (χ2n) is 10.3. The molecule has 1 spiro atoms. The van der Waals surface area contributed by atoms with Crippen molar-refractivity contribution in [1.82, 2.24) is 15.1 Å². The molecule has 194 valence electrons. The number of anilines is 1. The summed E-state index contributed by atoms with van der Waals surface area (Å²) in [5.74, 6) is -0.457. The number of benzene rings is 1. The van der Waals surface area contributed by atoms with Gasteiger partial charge in [0.15, 0.2) is 10.9 Å². The van der Waals surface area contributed by atoms with Crippen LogP contribution >= 0.6 is 34.5 Å². The van der Waals surface area contributed by atoms with E-state index in [2.05, 4.69) is 26.1 Å². The van der Waals surface area contributed by atoms with E-state index in [1.165, 1.54) is 23.0 Å². The molecule has 1 saturated carbocycles. The predicted octanol–water partition coefficient (Wildman–Crippen LogP) is 7.44. The van der Waals surface area contributed by atoms with Crippen LogP contribution in [0.15, 0.2) is 35.1 Å². The summed E-state index contributed by atoms with van der Waals surface area (Å²) in [6, 6.07) is 2.52. The summed E-state index contributed by atoms with van der Waals surface area (Å²) in [5, 5.41) is 15.3. The fourth-order valence-electron chi connectivity index (χ4n) is 5.63. The van der Waals surface area contributed by atoms with Crippen molar-refractivity contribution in [2.24, 2.45) is 5.41 Å². The average molecular weight is 571 g/mol. The summed E-state index contributed by atoms with van der Waals surface area (Å²) in [5.41, 5.74) is 3.80. The van der Waals surface area contributed by atoms with Crippen LogP contribution in [-0.2, 0) is 0 Å². The number of aromatic carboxylic acids is 1. The number of thiazole rings is 1. The van der Waals surface area contributed by atoms with Crippen molar-refractivity contribution in [2.45, 2.75) is 38.0 Å². The monoisotopic (exact) mass is 570 g/mol. The summed E-state index contributed by atoms with van der Waals surface area (Å²) < 4.78 is 20.9. The molecule has 3 aromatic heterocycles. The third-order valence-electron chi connectivity index (χ3n) is 7.81. The molecule has 7 rings (SSSR count). The van der Waals surface area contributed by atoms with E-state index in [4.69, 9.17) is 27.7 Å². The number of halogens is 3. The Labute approximate surface area is 230 Å². The van der Waals surface area contributed by atoms with E-state index in [0.717, 1.165) is 67.7 Å². The first-order chi connectivity index (χ1) is 18.3. The Hall–Kier alpha value is -3.01. The van der Waals surface area contributed by atoms with Crippen molar-refractivity contribution in [3.05, 3.63) is 63.4 Å². The van der Waals surface area contributed by atoms with E-state index in [1.54, 1.807) is 12.4 Å². The molecule has 3 aliphatic rings. The molecule has 1 aliphatic heterocycles. The Kier molecular flexibility index (Phi) is 5.55. The van der Waals surface area contributed by atoms with Gasteiger partial charge < -0.3 is 14.5 Å². The topological polar surface area (TPSA) is 92.3 Å². The standard InChI is InChI=1S/C27H21Cl2FN4O3S/c28-16-11-31-12-17(29)21(16)23-20(24(37-33-23)13-1-2-13)15-9-27(10-15)3-5-34(6-4-27)26-32-22-18(30)7-14(25(35)36)8-19(22)38-26/h7-9,11-13H,1-6,10H2,(H,35,36). The van der Waals surface area contributed by atoms with E-state index < -0.39 is 11.8 Å². The van der Waals surface area contributed by atoms with Crippen molar-refractivity contribution in [3.8, 4) is 11.3 Å². The van der Waals surface area contributed by atoms with Gasteiger partial charge in [-0.15, -0.1) is 0 Å². The molecule has 1 aromatic carbocycles. The van der Waals surface area contributed by atoms with Crippen LogP contribution in [0.3, 0.4) is 0 Å². The minimum Gasteiger partial charge on any atom is -0.478 e. The summed E-state index contributed by atoms with van der Waals surface area (Å²) in [6.07, 6.45) is 10.4. The lowest BCUT2D eigenvalue weighted by atomic mass is 9.63. The number of pyridine rings is 1. The van der Waals surface area contributed by atoms with Crippen molar-refractivity contribution in [2.75, 3.05) is 18.0 Å². The number of allylic oxidation sites excluding steroid dienone is 2. The third-order valence-corrected chi connectivity index (χ3v) is 9.45. The molecule has 1 N–H and O–H groups in total. The van der Waals surface area contributed by atoms with Crippen LogP contribution in [0, 0.1) is 11.2 Å².